The number of hydrogen-bond acceptors (Lipinski definition) is 10. The first-order valence-corrected chi connectivity index (χ1v) is 21.6. The van der Waals surface area contributed by atoms with E-state index in [4.69, 9.17) is 9.31 Å². The van der Waals surface area contributed by atoms with Gasteiger partial charge in [0.15, 0.2) is 5.78 Å². The summed E-state index contributed by atoms with van der Waals surface area (Å²) >= 11 is 0. The molecule has 0 spiro atoms. The van der Waals surface area contributed by atoms with Gasteiger partial charge in [-0.1, -0.05) is 62.7 Å². The highest BCUT2D eigenvalue weighted by Crippen LogP contribution is 2.69. The van der Waals surface area contributed by atoms with Gasteiger partial charge in [-0.3, -0.25) is 28.5 Å². The van der Waals surface area contributed by atoms with Gasteiger partial charge in [0.1, 0.15) is 11.5 Å². The fourth-order valence-corrected chi connectivity index (χ4v) is 11.0. The Bertz CT molecular complexity index is 1870. The van der Waals surface area contributed by atoms with Gasteiger partial charge in [0.25, 0.3) is 5.91 Å². The van der Waals surface area contributed by atoms with E-state index in [0.717, 1.165) is 16.3 Å². The van der Waals surface area contributed by atoms with Crippen molar-refractivity contribution in [1.82, 2.24) is 15.3 Å². The van der Waals surface area contributed by atoms with E-state index in [0.29, 0.717) is 50.3 Å². The molecule has 0 aliphatic carbocycles. The SMILES string of the molecule is CC(C)C[C@H](CC(=O)[C@H](Cc1cccc2ccccc12)NC(=O)c1cnccn1)[B-]12OCC[N+]1(CCCC(=O)CC(O)(P(C)(=O)O)P(=O)(O)O)CCO2. The molecule has 3 heterocycles. The molecule has 15 nitrogen and oxygen atoms in total. The summed E-state index contributed by atoms with van der Waals surface area (Å²) in [7, 11) is -10.3. The van der Waals surface area contributed by atoms with Crippen molar-refractivity contribution in [2.24, 2.45) is 5.92 Å². The van der Waals surface area contributed by atoms with E-state index in [9.17, 15) is 43.3 Å². The predicted molar refractivity (Wildman–Crippen MR) is 198 cm³/mol. The Morgan fingerprint density at radius 1 is 1.02 bits per heavy atom. The van der Waals surface area contributed by atoms with E-state index in [1.165, 1.54) is 18.6 Å². The molecule has 1 amide bonds. The number of Topliss-reactive ketones (excluding diaryl/α,β-unsaturated/α-hetero) is 2. The molecule has 18 heteroatoms. The Balaban J connectivity index is 1.39. The zero-order valence-corrected chi connectivity index (χ0v) is 32.0. The third-order valence-corrected chi connectivity index (χ3v) is 15.3. The van der Waals surface area contributed by atoms with Crippen LogP contribution >= 0.6 is 15.0 Å². The molecule has 0 saturated carbocycles. The Hall–Kier alpha value is -3.17. The van der Waals surface area contributed by atoms with Crippen molar-refractivity contribution < 1.29 is 57.0 Å². The van der Waals surface area contributed by atoms with E-state index < -0.39 is 56.7 Å². The number of carbonyl (C=O) groups excluding carboxylic acids is 3. The minimum atomic E-state index is -5.54. The Morgan fingerprint density at radius 2 is 1.70 bits per heavy atom. The maximum absolute atomic E-state index is 14.6. The molecule has 288 valence electrons. The van der Waals surface area contributed by atoms with Crippen LogP contribution in [0.1, 0.15) is 62.0 Å². The molecular formula is C35H49BN4O11P2. The van der Waals surface area contributed by atoms with Crippen molar-refractivity contribution in [3.8, 4) is 0 Å². The van der Waals surface area contributed by atoms with Crippen LogP contribution in [0.3, 0.4) is 0 Å². The van der Waals surface area contributed by atoms with E-state index in [1.54, 1.807) is 0 Å². The molecule has 1 aromatic heterocycles. The fourth-order valence-electron chi connectivity index (χ4n) is 8.20. The largest absolute Gasteiger partial charge is 0.509 e. The lowest BCUT2D eigenvalue weighted by atomic mass is 9.51. The minimum absolute atomic E-state index is 0.0326. The third kappa shape index (κ3) is 8.72. The van der Waals surface area contributed by atoms with Crippen LogP contribution in [-0.4, -0.2) is 109 Å². The summed E-state index contributed by atoms with van der Waals surface area (Å²) in [4.78, 5) is 78.2. The molecule has 2 saturated heterocycles. The van der Waals surface area contributed by atoms with Gasteiger partial charge in [0.05, 0.1) is 45.0 Å². The van der Waals surface area contributed by atoms with Crippen molar-refractivity contribution in [3.63, 3.8) is 0 Å². The molecule has 3 aromatic rings. The lowest BCUT2D eigenvalue weighted by Gasteiger charge is -2.51. The van der Waals surface area contributed by atoms with Crippen LogP contribution in [0, 0.1) is 5.92 Å². The number of rotatable bonds is 18. The lowest BCUT2D eigenvalue weighted by Crippen LogP contribution is -2.66. The summed E-state index contributed by atoms with van der Waals surface area (Å²) in [5.74, 6) is -1.77. The minimum Gasteiger partial charge on any atom is -0.509 e. The molecular weight excluding hydrogens is 725 g/mol. The number of nitrogens with one attached hydrogen (secondary N) is 1. The Kier molecular flexibility index (Phi) is 12.6. The lowest BCUT2D eigenvalue weighted by molar-refractivity contribution is -0.823. The van der Waals surface area contributed by atoms with Gasteiger partial charge < -0.3 is 38.8 Å². The highest BCUT2D eigenvalue weighted by atomic mass is 31.2. The molecule has 53 heavy (non-hydrogen) atoms. The molecule has 5 N–H and O–H groups in total. The first-order chi connectivity index (χ1) is 24.9. The summed E-state index contributed by atoms with van der Waals surface area (Å²) in [6.07, 6.45) is 3.85. The second-order valence-corrected chi connectivity index (χ2v) is 19.6. The van der Waals surface area contributed by atoms with E-state index in [1.807, 2.05) is 56.3 Å². The smallest absolute Gasteiger partial charge is 0.476 e. The van der Waals surface area contributed by atoms with Crippen molar-refractivity contribution >= 4 is 49.9 Å². The highest BCUT2D eigenvalue weighted by Gasteiger charge is 2.62. The molecule has 4 atom stereocenters. The maximum Gasteiger partial charge on any atom is 0.476 e. The number of benzene rings is 2. The monoisotopic (exact) mass is 774 g/mol. The molecule has 5 rings (SSSR count). The summed E-state index contributed by atoms with van der Waals surface area (Å²) in [6.45, 7) is 4.72. The van der Waals surface area contributed by atoms with Gasteiger partial charge >= 0.3 is 14.3 Å². The van der Waals surface area contributed by atoms with Crippen LogP contribution in [-0.2, 0) is 34.4 Å². The van der Waals surface area contributed by atoms with Crippen LogP contribution in [0.2, 0.25) is 5.82 Å². The molecule has 2 aromatic carbocycles. The van der Waals surface area contributed by atoms with Crippen molar-refractivity contribution in [3.05, 3.63) is 72.3 Å². The van der Waals surface area contributed by atoms with Crippen molar-refractivity contribution in [1.29, 1.82) is 0 Å². The maximum atomic E-state index is 14.6. The van der Waals surface area contributed by atoms with Crippen molar-refractivity contribution in [2.75, 3.05) is 39.5 Å². The number of amides is 1. The van der Waals surface area contributed by atoms with Crippen LogP contribution in [0.4, 0.5) is 0 Å². The molecule has 2 unspecified atom stereocenters. The zero-order valence-electron chi connectivity index (χ0n) is 30.2. The Labute approximate surface area is 308 Å². The number of aliphatic hydroxyl groups is 1. The van der Waals surface area contributed by atoms with Gasteiger partial charge in [-0.25, -0.2) is 4.98 Å². The van der Waals surface area contributed by atoms with E-state index >= 15 is 0 Å². The highest BCUT2D eigenvalue weighted by molar-refractivity contribution is 7.74. The summed E-state index contributed by atoms with van der Waals surface area (Å²) in [5.41, 5.74) is 0.966. The van der Waals surface area contributed by atoms with Gasteiger partial charge in [-0.05, 0) is 40.9 Å². The van der Waals surface area contributed by atoms with E-state index in [2.05, 4.69) is 15.3 Å². The first-order valence-electron chi connectivity index (χ1n) is 17.9. The molecule has 2 fully saturated rings. The number of fused-ring (bicyclic) bond motifs is 2. The second-order valence-electron chi connectivity index (χ2n) is 14.9. The molecule has 2 aliphatic rings. The number of aromatic nitrogens is 2. The van der Waals surface area contributed by atoms with Crippen LogP contribution < -0.4 is 5.32 Å². The molecule has 2 aliphatic heterocycles. The normalized spacial score (nSPS) is 23.5. The predicted octanol–water partition coefficient (Wildman–Crippen LogP) is 3.63. The Morgan fingerprint density at radius 3 is 2.32 bits per heavy atom. The van der Waals surface area contributed by atoms with Crippen LogP contribution in [0.25, 0.3) is 10.8 Å². The van der Waals surface area contributed by atoms with Crippen LogP contribution in [0.5, 0.6) is 0 Å². The van der Waals surface area contributed by atoms with Gasteiger partial charge in [-0.2, -0.15) is 0 Å². The van der Waals surface area contributed by atoms with E-state index in [-0.39, 0.29) is 43.1 Å². The average molecular weight is 775 g/mol. The zero-order chi connectivity index (χ0) is 38.7. The van der Waals surface area contributed by atoms with Crippen LogP contribution in [0.15, 0.2) is 61.1 Å². The number of hydrogen-bond donors (Lipinski definition) is 5. The number of quaternary nitrogens is 1. The summed E-state index contributed by atoms with van der Waals surface area (Å²) in [6, 6.07) is 12.7. The second kappa shape index (κ2) is 16.3. The average Bonchev–Trinajstić information content (AvgIpc) is 3.63. The fraction of sp³-hybridized carbons (Fsp3) is 0.514. The summed E-state index contributed by atoms with van der Waals surface area (Å²) in [5, 5.41) is 12.0. The summed E-state index contributed by atoms with van der Waals surface area (Å²) < 4.78 is 37.6. The van der Waals surface area contributed by atoms with Gasteiger partial charge in [0.2, 0.25) is 12.5 Å². The molecule has 0 radical (unpaired) electrons. The molecule has 0 bridgehead atoms. The number of nitrogens with zero attached hydrogens (tertiary/aromatic N) is 3. The number of carbonyl (C=O) groups is 3. The topological polar surface area (TPSA) is 223 Å². The van der Waals surface area contributed by atoms with Gasteiger partial charge in [-0.15, -0.1) is 0 Å². The first kappa shape index (κ1) is 41.0. The van der Waals surface area contributed by atoms with Crippen molar-refractivity contribution in [2.45, 2.75) is 69.3 Å². The number of ketones is 2. The standard InChI is InChI=1S/C35H49BN4O11P2/c1-25(2)20-28(36-40(16-18-50-36,17-19-51-36)15-7-11-29(41)23-35(44,52(3,45)46)53(47,48)49)22-33(42)31(39-34(43)32-24-37-13-14-38-32)21-27-10-6-9-26-8-4-5-12-30(26)27/h4-6,8-10,12-14,24-25,28,31,44H,7,11,15-23H2,1-3H3,(H,39,43)(H,45,46)(H2,47,48,49)/t28-,31+,35?,36?,40?/m1/s1. The quantitative estimate of drug-likeness (QED) is 0.0922. The van der Waals surface area contributed by atoms with Gasteiger partial charge in [0, 0.05) is 38.4 Å². The third-order valence-electron chi connectivity index (χ3n) is 10.8.